The van der Waals surface area contributed by atoms with E-state index in [1.165, 1.54) is 12.0 Å². The maximum Gasteiger partial charge on any atom is 0.329 e. The molecular formula is C53H83NO14. The molecule has 0 spiro atoms. The number of fused-ring (bicyclic) bond motifs is 3. The number of hydrogen-bond donors (Lipinski definition) is 3. The van der Waals surface area contributed by atoms with Gasteiger partial charge in [0.1, 0.15) is 30.1 Å². The zero-order chi connectivity index (χ0) is 50.3. The number of allylic oxidation sites excluding steroid dienone is 6. The fraction of sp³-hybridized carbons (Fsp3) is 0.755. The molecule has 1 saturated carbocycles. The van der Waals surface area contributed by atoms with Crippen LogP contribution >= 0.6 is 0 Å². The van der Waals surface area contributed by atoms with Crippen molar-refractivity contribution in [2.45, 2.75) is 180 Å². The minimum atomic E-state index is -2.43. The van der Waals surface area contributed by atoms with Gasteiger partial charge in [0, 0.05) is 58.5 Å². The molecule has 15 nitrogen and oxygen atoms in total. The first-order valence-electron chi connectivity index (χ1n) is 25.0. The lowest BCUT2D eigenvalue weighted by molar-refractivity contribution is -0.265. The summed E-state index contributed by atoms with van der Waals surface area (Å²) in [5, 5.41) is 32.8. The van der Waals surface area contributed by atoms with E-state index in [9.17, 15) is 39.3 Å². The smallest absolute Gasteiger partial charge is 0.329 e. The Morgan fingerprint density at radius 1 is 0.853 bits per heavy atom. The van der Waals surface area contributed by atoms with Crippen molar-refractivity contribution in [3.05, 3.63) is 47.6 Å². The number of nitrogens with zero attached hydrogens (tertiary/aromatic N) is 1. The van der Waals surface area contributed by atoms with Crippen molar-refractivity contribution in [1.82, 2.24) is 4.90 Å². The normalized spacial score (nSPS) is 39.2. The van der Waals surface area contributed by atoms with E-state index >= 15 is 0 Å². The molecule has 3 aliphatic heterocycles. The summed E-state index contributed by atoms with van der Waals surface area (Å²) in [7, 11) is 4.58. The molecule has 0 aromatic rings. The number of hydrogen-bond acceptors (Lipinski definition) is 14. The maximum atomic E-state index is 14.5. The lowest BCUT2D eigenvalue weighted by Gasteiger charge is -2.42. The minimum absolute atomic E-state index is 0.0158. The minimum Gasteiger partial charge on any atom is -0.460 e. The zero-order valence-electron chi connectivity index (χ0n) is 42.4. The second-order valence-electron chi connectivity index (χ2n) is 20.2. The number of rotatable bonds is 9. The number of piperidine rings is 1. The van der Waals surface area contributed by atoms with Gasteiger partial charge >= 0.3 is 5.97 Å². The zero-order valence-corrected chi connectivity index (χ0v) is 42.4. The van der Waals surface area contributed by atoms with E-state index in [1.54, 1.807) is 41.1 Å². The number of amides is 1. The van der Waals surface area contributed by atoms with E-state index < -0.39 is 77.8 Å². The number of carbonyl (C=O) groups excluding carboxylic acids is 5. The molecule has 0 aromatic carbocycles. The van der Waals surface area contributed by atoms with Crippen LogP contribution in [0.25, 0.3) is 0 Å². The highest BCUT2D eigenvalue weighted by atomic mass is 16.6. The first-order chi connectivity index (χ1) is 32.3. The summed E-state index contributed by atoms with van der Waals surface area (Å²) >= 11 is 0. The molecule has 384 valence electrons. The highest BCUT2D eigenvalue weighted by Crippen LogP contribution is 2.38. The number of esters is 1. The van der Waals surface area contributed by atoms with Gasteiger partial charge in [0.15, 0.2) is 5.78 Å². The largest absolute Gasteiger partial charge is 0.460 e. The van der Waals surface area contributed by atoms with Crippen molar-refractivity contribution in [2.24, 2.45) is 35.5 Å². The van der Waals surface area contributed by atoms with Crippen molar-refractivity contribution in [1.29, 1.82) is 0 Å². The fourth-order valence-electron chi connectivity index (χ4n) is 10.5. The summed E-state index contributed by atoms with van der Waals surface area (Å²) in [5.74, 6) is -7.96. The number of carbonyl (C=O) groups is 5. The Balaban J connectivity index is 1.70. The maximum absolute atomic E-state index is 14.5. The van der Waals surface area contributed by atoms with Gasteiger partial charge in [-0.3, -0.25) is 19.2 Å². The van der Waals surface area contributed by atoms with Crippen molar-refractivity contribution in [3.8, 4) is 0 Å². The second-order valence-corrected chi connectivity index (χ2v) is 20.2. The number of ketones is 3. The summed E-state index contributed by atoms with van der Waals surface area (Å²) in [6.07, 6.45) is 12.0. The van der Waals surface area contributed by atoms with E-state index in [2.05, 4.69) is 0 Å². The number of aliphatic hydroxyl groups excluding tert-OH is 2. The van der Waals surface area contributed by atoms with Gasteiger partial charge in [-0.2, -0.15) is 0 Å². The molecule has 2 bridgehead atoms. The monoisotopic (exact) mass is 958 g/mol. The number of Topliss-reactive ketones (excluding diaryl/α,β-unsaturated/α-hetero) is 3. The van der Waals surface area contributed by atoms with Crippen LogP contribution in [0, 0.1) is 35.5 Å². The molecule has 3 N–H and O–H groups in total. The fourth-order valence-corrected chi connectivity index (χ4v) is 10.5. The SMILES string of the molecule is COC1C(=O)C(C)C[C@H](C)/C=C/C=C/C=C(\C)[C@@H](OC)C[C@@H]2CC[C@@H](C)[C@@](O)(O2)C(=O)C(=O)N2CCCC[C@H]2C(=O)OC([C@H](C)C[C@@H]2CC[C@@H](OCCO)[C@H](OC)C2)CC(=O)[C@H](C)/C=C(\C)[C@H]1O. The number of methoxy groups -OCH3 is 3. The highest BCUT2D eigenvalue weighted by Gasteiger charge is 2.53. The summed E-state index contributed by atoms with van der Waals surface area (Å²) in [6, 6.07) is -1.14. The van der Waals surface area contributed by atoms with E-state index in [0.717, 1.165) is 12.0 Å². The molecule has 3 unspecified atom stereocenters. The molecule has 2 saturated heterocycles. The van der Waals surface area contributed by atoms with Crippen LogP contribution in [-0.2, 0) is 52.4 Å². The van der Waals surface area contributed by atoms with Crippen LogP contribution < -0.4 is 0 Å². The molecule has 4 rings (SSSR count). The summed E-state index contributed by atoms with van der Waals surface area (Å²) in [5.41, 5.74) is 1.26. The van der Waals surface area contributed by atoms with Crippen LogP contribution in [0.4, 0.5) is 0 Å². The number of aliphatic hydroxyl groups is 3. The first-order valence-corrected chi connectivity index (χ1v) is 25.0. The van der Waals surface area contributed by atoms with Gasteiger partial charge in [-0.25, -0.2) is 4.79 Å². The van der Waals surface area contributed by atoms with Crippen LogP contribution in [0.15, 0.2) is 47.6 Å². The van der Waals surface area contributed by atoms with Crippen LogP contribution in [0.3, 0.4) is 0 Å². The van der Waals surface area contributed by atoms with Gasteiger partial charge in [0.25, 0.3) is 11.7 Å². The summed E-state index contributed by atoms with van der Waals surface area (Å²) < 4.78 is 35.6. The molecule has 3 heterocycles. The third kappa shape index (κ3) is 15.3. The van der Waals surface area contributed by atoms with Crippen LogP contribution in [-0.4, -0.2) is 145 Å². The van der Waals surface area contributed by atoms with E-state index in [-0.39, 0.29) is 74.1 Å². The third-order valence-corrected chi connectivity index (χ3v) is 14.9. The van der Waals surface area contributed by atoms with Gasteiger partial charge in [-0.05, 0) is 107 Å². The molecule has 68 heavy (non-hydrogen) atoms. The summed E-state index contributed by atoms with van der Waals surface area (Å²) in [6.45, 7) is 12.9. The molecular weight excluding hydrogens is 875 g/mol. The van der Waals surface area contributed by atoms with Gasteiger partial charge < -0.3 is 48.6 Å². The topological polar surface area (TPSA) is 205 Å². The Hall–Kier alpha value is -3.41. The van der Waals surface area contributed by atoms with Gasteiger partial charge in [-0.1, -0.05) is 71.1 Å². The lowest BCUT2D eigenvalue weighted by Crippen LogP contribution is -2.61. The summed E-state index contributed by atoms with van der Waals surface area (Å²) in [4.78, 5) is 72.1. The molecule has 1 aliphatic carbocycles. The van der Waals surface area contributed by atoms with E-state index in [1.807, 2.05) is 58.1 Å². The van der Waals surface area contributed by atoms with Crippen molar-refractivity contribution in [2.75, 3.05) is 41.1 Å². The Bertz CT molecular complexity index is 1810. The quantitative estimate of drug-likeness (QED) is 0.134. The van der Waals surface area contributed by atoms with Crippen LogP contribution in [0.5, 0.6) is 0 Å². The van der Waals surface area contributed by atoms with Gasteiger partial charge in [0.05, 0.1) is 37.6 Å². The van der Waals surface area contributed by atoms with Gasteiger partial charge in [-0.15, -0.1) is 0 Å². The van der Waals surface area contributed by atoms with Crippen LogP contribution in [0.2, 0.25) is 0 Å². The Kier molecular flexibility index (Phi) is 22.9. The van der Waals surface area contributed by atoms with E-state index in [0.29, 0.717) is 63.4 Å². The Morgan fingerprint density at radius 2 is 1.59 bits per heavy atom. The molecule has 1 amide bonds. The third-order valence-electron chi connectivity index (χ3n) is 14.9. The van der Waals surface area contributed by atoms with E-state index in [4.69, 9.17) is 28.4 Å². The predicted molar refractivity (Wildman–Crippen MR) is 256 cm³/mol. The van der Waals surface area contributed by atoms with Crippen LogP contribution in [0.1, 0.15) is 126 Å². The standard InChI is InChI=1S/C53H83NO14/c1-32-16-12-11-13-17-33(2)44(63-8)30-40-21-19-38(7)53(62,68-40)50(59)51(60)54-23-15-14-18-41(54)52(61)67-45(35(4)28-39-20-22-43(66-25-24-55)46(29-39)64-9)31-42(56)34(3)27-37(6)48(58)49(65-10)47(57)36(5)26-32/h11-13,16-17,27,32,34-36,38-41,43-46,48-49,55,58,62H,14-15,18-26,28-31H2,1-10H3/b13-11+,16-12+,33-17+,37-27+/t32-,34-,35-,36?,38-,39+,40+,41+,43-,44+,45?,46-,48-,49?,53-/m1/s1. The molecule has 15 atom stereocenters. The molecule has 0 radical (unpaired) electrons. The Morgan fingerprint density at radius 3 is 2.26 bits per heavy atom. The van der Waals surface area contributed by atoms with Crippen molar-refractivity contribution in [3.63, 3.8) is 0 Å². The average molecular weight is 958 g/mol. The number of cyclic esters (lactones) is 1. The molecule has 3 fully saturated rings. The van der Waals surface area contributed by atoms with Crippen molar-refractivity contribution < 1.29 is 67.7 Å². The molecule has 4 aliphatic rings. The average Bonchev–Trinajstić information content (AvgIpc) is 3.32. The lowest BCUT2D eigenvalue weighted by atomic mass is 9.78. The van der Waals surface area contributed by atoms with Gasteiger partial charge in [0.2, 0.25) is 5.79 Å². The van der Waals surface area contributed by atoms with Crippen molar-refractivity contribution >= 4 is 29.2 Å². The Labute approximate surface area is 405 Å². The highest BCUT2D eigenvalue weighted by molar-refractivity contribution is 6.39. The number of ether oxygens (including phenoxy) is 6. The molecule has 15 heteroatoms. The predicted octanol–water partition coefficient (Wildman–Crippen LogP) is 6.20. The second kappa shape index (κ2) is 27.3. The molecule has 0 aromatic heterocycles. The first kappa shape index (κ1) is 57.2.